The first kappa shape index (κ1) is 18.7. The zero-order valence-electron chi connectivity index (χ0n) is 16.0. The van der Waals surface area contributed by atoms with Gasteiger partial charge < -0.3 is 4.74 Å². The van der Waals surface area contributed by atoms with Gasteiger partial charge in [0.1, 0.15) is 5.69 Å². The van der Waals surface area contributed by atoms with E-state index in [-0.39, 0.29) is 23.8 Å². The second-order valence-corrected chi connectivity index (χ2v) is 6.82. The van der Waals surface area contributed by atoms with Crippen LogP contribution in [0.3, 0.4) is 0 Å². The second-order valence-electron chi connectivity index (χ2n) is 6.82. The van der Waals surface area contributed by atoms with Crippen LogP contribution >= 0.6 is 0 Å². The number of benzene rings is 2. The van der Waals surface area contributed by atoms with Crippen molar-refractivity contribution in [3.63, 3.8) is 0 Å². The van der Waals surface area contributed by atoms with Crippen LogP contribution in [0.2, 0.25) is 0 Å². The van der Waals surface area contributed by atoms with E-state index in [0.717, 1.165) is 17.5 Å². The summed E-state index contributed by atoms with van der Waals surface area (Å²) in [6.45, 7) is 2.33. The Kier molecular flexibility index (Phi) is 5.24. The smallest absolute Gasteiger partial charge is 0.356 e. The molecule has 29 heavy (non-hydrogen) atoms. The molecule has 1 atom stereocenters. The maximum atomic E-state index is 12.5. The van der Waals surface area contributed by atoms with Gasteiger partial charge in [-0.25, -0.2) is 14.3 Å². The number of carbonyl (C=O) groups excluding carboxylic acids is 1. The van der Waals surface area contributed by atoms with Crippen molar-refractivity contribution in [2.75, 3.05) is 6.61 Å². The summed E-state index contributed by atoms with van der Waals surface area (Å²) in [6.07, 6.45) is 0.853. The molecule has 0 amide bonds. The van der Waals surface area contributed by atoms with Gasteiger partial charge in [-0.05, 0) is 12.0 Å². The van der Waals surface area contributed by atoms with Gasteiger partial charge in [0, 0.05) is 23.6 Å². The van der Waals surface area contributed by atoms with Crippen molar-refractivity contribution in [3.8, 4) is 11.3 Å². The average Bonchev–Trinajstić information content (AvgIpc) is 3.20. The first-order valence-corrected chi connectivity index (χ1v) is 9.56. The number of carbonyl (C=O) groups is 1. The lowest BCUT2D eigenvalue weighted by molar-refractivity contribution is 0.0470. The van der Waals surface area contributed by atoms with Crippen LogP contribution < -0.4 is 5.56 Å². The molecule has 6 heteroatoms. The third-order valence-electron chi connectivity index (χ3n) is 4.92. The second kappa shape index (κ2) is 8.14. The van der Waals surface area contributed by atoms with Crippen molar-refractivity contribution in [1.82, 2.24) is 14.6 Å². The first-order chi connectivity index (χ1) is 14.2. The summed E-state index contributed by atoms with van der Waals surface area (Å²) in [5, 5.41) is 2.79. The molecule has 0 fully saturated rings. The van der Waals surface area contributed by atoms with E-state index in [2.05, 4.69) is 17.0 Å². The Bertz CT molecular complexity index is 1180. The highest BCUT2D eigenvalue weighted by Crippen LogP contribution is 2.20. The van der Waals surface area contributed by atoms with Crippen molar-refractivity contribution in [2.45, 2.75) is 19.3 Å². The fourth-order valence-electron chi connectivity index (χ4n) is 3.28. The van der Waals surface area contributed by atoms with E-state index in [9.17, 15) is 9.59 Å². The van der Waals surface area contributed by atoms with Crippen LogP contribution in [0.25, 0.3) is 16.9 Å². The highest BCUT2D eigenvalue weighted by atomic mass is 16.5. The Hall–Kier alpha value is -3.67. The number of hydrogen-bond acceptors (Lipinski definition) is 4. The summed E-state index contributed by atoms with van der Waals surface area (Å²) in [5.41, 5.74) is 2.81. The number of H-pyrrole nitrogens is 1. The van der Waals surface area contributed by atoms with Crippen LogP contribution in [-0.2, 0) is 4.74 Å². The Morgan fingerprint density at radius 3 is 2.45 bits per heavy atom. The van der Waals surface area contributed by atoms with E-state index in [1.54, 1.807) is 6.07 Å². The van der Waals surface area contributed by atoms with Gasteiger partial charge in [-0.2, -0.15) is 0 Å². The highest BCUT2D eigenvalue weighted by molar-refractivity contribution is 5.88. The maximum Gasteiger partial charge on any atom is 0.356 e. The molecule has 4 aromatic rings. The Morgan fingerprint density at radius 1 is 1.07 bits per heavy atom. The molecule has 0 aliphatic rings. The molecule has 0 aliphatic heterocycles. The van der Waals surface area contributed by atoms with Crippen LogP contribution in [0.4, 0.5) is 0 Å². The van der Waals surface area contributed by atoms with Crippen LogP contribution in [0.1, 0.15) is 35.3 Å². The lowest BCUT2D eigenvalue weighted by Crippen LogP contribution is -2.16. The van der Waals surface area contributed by atoms with E-state index < -0.39 is 5.97 Å². The topological polar surface area (TPSA) is 76.5 Å². The molecule has 1 unspecified atom stereocenters. The first-order valence-electron chi connectivity index (χ1n) is 9.56. The molecule has 146 valence electrons. The van der Waals surface area contributed by atoms with Crippen LogP contribution in [-0.4, -0.2) is 27.2 Å². The Labute approximate surface area is 167 Å². The van der Waals surface area contributed by atoms with Gasteiger partial charge in [0.2, 0.25) is 0 Å². The quantitative estimate of drug-likeness (QED) is 0.507. The van der Waals surface area contributed by atoms with Crippen molar-refractivity contribution < 1.29 is 9.53 Å². The minimum Gasteiger partial charge on any atom is -0.460 e. The zero-order chi connectivity index (χ0) is 20.2. The minimum atomic E-state index is -0.509. The molecule has 2 aromatic heterocycles. The summed E-state index contributed by atoms with van der Waals surface area (Å²) in [7, 11) is 0. The van der Waals surface area contributed by atoms with E-state index in [1.165, 1.54) is 10.6 Å². The van der Waals surface area contributed by atoms with Gasteiger partial charge in [0.05, 0.1) is 12.3 Å². The number of rotatable bonds is 6. The number of aromatic amines is 1. The molecule has 4 rings (SSSR count). The van der Waals surface area contributed by atoms with E-state index in [1.807, 2.05) is 60.7 Å². The SMILES string of the molecule is CCC(COC(=O)c1cc2nc(-c3ccccc3)cc(=O)n2[nH]1)c1ccccc1. The van der Waals surface area contributed by atoms with E-state index in [4.69, 9.17) is 4.74 Å². The number of hydrogen-bond donors (Lipinski definition) is 1. The molecular weight excluding hydrogens is 366 g/mol. The van der Waals surface area contributed by atoms with Crippen LogP contribution in [0.5, 0.6) is 0 Å². The Morgan fingerprint density at radius 2 is 1.76 bits per heavy atom. The number of nitrogens with one attached hydrogen (secondary N) is 1. The summed E-state index contributed by atoms with van der Waals surface area (Å²) < 4.78 is 6.75. The van der Waals surface area contributed by atoms with Gasteiger partial charge in [-0.15, -0.1) is 0 Å². The van der Waals surface area contributed by atoms with Crippen LogP contribution in [0.15, 0.2) is 77.6 Å². The third kappa shape index (κ3) is 3.96. The summed E-state index contributed by atoms with van der Waals surface area (Å²) in [6, 6.07) is 22.4. The molecule has 1 N–H and O–H groups in total. The molecule has 0 saturated heterocycles. The predicted octanol–water partition coefficient (Wildman–Crippen LogP) is 4.04. The average molecular weight is 387 g/mol. The number of fused-ring (bicyclic) bond motifs is 1. The fourth-order valence-corrected chi connectivity index (χ4v) is 3.28. The predicted molar refractivity (Wildman–Crippen MR) is 111 cm³/mol. The van der Waals surface area contributed by atoms with Gasteiger partial charge in [-0.3, -0.25) is 9.89 Å². The monoisotopic (exact) mass is 387 g/mol. The summed E-state index contributed by atoms with van der Waals surface area (Å²) in [4.78, 5) is 29.5. The van der Waals surface area contributed by atoms with Gasteiger partial charge in [-0.1, -0.05) is 67.6 Å². The number of ether oxygens (including phenoxy) is 1. The van der Waals surface area contributed by atoms with Crippen molar-refractivity contribution in [3.05, 3.63) is 94.4 Å². The van der Waals surface area contributed by atoms with Crippen molar-refractivity contribution in [1.29, 1.82) is 0 Å². The van der Waals surface area contributed by atoms with Crippen molar-refractivity contribution in [2.24, 2.45) is 0 Å². The lowest BCUT2D eigenvalue weighted by Gasteiger charge is -2.15. The largest absolute Gasteiger partial charge is 0.460 e. The molecule has 0 spiro atoms. The van der Waals surface area contributed by atoms with Crippen LogP contribution in [0, 0.1) is 0 Å². The third-order valence-corrected chi connectivity index (χ3v) is 4.92. The molecular formula is C23H21N3O3. The molecule has 0 radical (unpaired) electrons. The number of esters is 1. The molecule has 0 saturated carbocycles. The zero-order valence-corrected chi connectivity index (χ0v) is 16.0. The van der Waals surface area contributed by atoms with E-state index in [0.29, 0.717) is 11.3 Å². The standard InChI is InChI=1S/C23H21N3O3/c1-2-16(17-9-5-3-6-10-17)15-29-23(28)20-13-21-24-19(14-22(27)26(21)25-20)18-11-7-4-8-12-18/h3-14,16,25H,2,15H2,1H3. The van der Waals surface area contributed by atoms with Gasteiger partial charge in [0.25, 0.3) is 5.56 Å². The highest BCUT2D eigenvalue weighted by Gasteiger charge is 2.17. The van der Waals surface area contributed by atoms with Crippen molar-refractivity contribution >= 4 is 11.6 Å². The van der Waals surface area contributed by atoms with Gasteiger partial charge >= 0.3 is 5.97 Å². The molecule has 6 nitrogen and oxygen atoms in total. The maximum absolute atomic E-state index is 12.5. The summed E-state index contributed by atoms with van der Waals surface area (Å²) >= 11 is 0. The minimum absolute atomic E-state index is 0.120. The number of nitrogens with zero attached hydrogens (tertiary/aromatic N) is 2. The molecule has 2 aromatic carbocycles. The summed E-state index contributed by atoms with van der Waals surface area (Å²) in [5.74, 6) is -0.388. The normalized spacial score (nSPS) is 12.0. The molecule has 0 aliphatic carbocycles. The molecule has 0 bridgehead atoms. The molecule has 2 heterocycles. The van der Waals surface area contributed by atoms with Gasteiger partial charge in [0.15, 0.2) is 5.65 Å². The number of aromatic nitrogens is 3. The lowest BCUT2D eigenvalue weighted by atomic mass is 9.98. The fraction of sp³-hybridized carbons (Fsp3) is 0.174. The van der Waals surface area contributed by atoms with E-state index >= 15 is 0 Å². The Balaban J connectivity index is 1.55.